The van der Waals surface area contributed by atoms with Crippen LogP contribution in [0.4, 0.5) is 5.69 Å². The second kappa shape index (κ2) is 7.49. The Balaban J connectivity index is 1.63. The Morgan fingerprint density at radius 2 is 1.92 bits per heavy atom. The van der Waals surface area contributed by atoms with Gasteiger partial charge in [-0.25, -0.2) is 0 Å². The molecule has 2 aromatic rings. The number of piperidine rings is 1. The highest BCUT2D eigenvalue weighted by Crippen LogP contribution is 2.17. The first-order valence-corrected chi connectivity index (χ1v) is 8.43. The summed E-state index contributed by atoms with van der Waals surface area (Å²) in [6.07, 6.45) is 2.68. The van der Waals surface area contributed by atoms with Crippen LogP contribution in [0.25, 0.3) is 0 Å². The Hall–Kier alpha value is -2.33. The van der Waals surface area contributed by atoms with Crippen molar-refractivity contribution in [1.82, 2.24) is 4.90 Å². The molecule has 124 valence electrons. The summed E-state index contributed by atoms with van der Waals surface area (Å²) >= 11 is 5.92. The molecule has 0 bridgehead atoms. The standard InChI is InChI=1S/C19H19ClN2O2/c20-16-4-3-5-17(12-16)21-19(24)15-9-7-14(8-10-15)13-22-11-2-1-6-18(22)23/h3-5,7-10,12H,1-2,6,11,13H2,(H,21,24). The lowest BCUT2D eigenvalue weighted by molar-refractivity contribution is -0.133. The van der Waals surface area contributed by atoms with Crippen molar-refractivity contribution in [3.63, 3.8) is 0 Å². The normalized spacial score (nSPS) is 14.5. The lowest BCUT2D eigenvalue weighted by atomic mass is 10.1. The van der Waals surface area contributed by atoms with E-state index in [1.165, 1.54) is 0 Å². The van der Waals surface area contributed by atoms with Gasteiger partial charge in [0.2, 0.25) is 5.91 Å². The number of benzene rings is 2. The second-order valence-corrected chi connectivity index (χ2v) is 6.37. The summed E-state index contributed by atoms with van der Waals surface area (Å²) in [4.78, 5) is 26.0. The van der Waals surface area contributed by atoms with Crippen LogP contribution in [0.15, 0.2) is 48.5 Å². The number of rotatable bonds is 4. The van der Waals surface area contributed by atoms with E-state index in [9.17, 15) is 9.59 Å². The van der Waals surface area contributed by atoms with Crippen LogP contribution in [0.5, 0.6) is 0 Å². The third kappa shape index (κ3) is 4.15. The molecule has 1 aliphatic heterocycles. The minimum absolute atomic E-state index is 0.183. The van der Waals surface area contributed by atoms with Gasteiger partial charge in [-0.3, -0.25) is 9.59 Å². The predicted octanol–water partition coefficient (Wildman–Crippen LogP) is 4.10. The van der Waals surface area contributed by atoms with Crippen LogP contribution in [-0.4, -0.2) is 23.3 Å². The summed E-state index contributed by atoms with van der Waals surface area (Å²) < 4.78 is 0. The maximum Gasteiger partial charge on any atom is 0.255 e. The minimum atomic E-state index is -0.183. The van der Waals surface area contributed by atoms with Crippen molar-refractivity contribution in [3.05, 3.63) is 64.7 Å². The van der Waals surface area contributed by atoms with Gasteiger partial charge in [0.05, 0.1) is 0 Å². The summed E-state index contributed by atoms with van der Waals surface area (Å²) in [6, 6.07) is 14.4. The molecule has 3 rings (SSSR count). The van der Waals surface area contributed by atoms with Crippen molar-refractivity contribution >= 4 is 29.1 Å². The number of halogens is 1. The van der Waals surface area contributed by atoms with Crippen LogP contribution in [0.1, 0.15) is 35.2 Å². The van der Waals surface area contributed by atoms with Crippen LogP contribution in [0.3, 0.4) is 0 Å². The lowest BCUT2D eigenvalue weighted by Crippen LogP contribution is -2.34. The molecule has 0 aromatic heterocycles. The van der Waals surface area contributed by atoms with Gasteiger partial charge in [-0.1, -0.05) is 29.8 Å². The van der Waals surface area contributed by atoms with Gasteiger partial charge in [-0.2, -0.15) is 0 Å². The smallest absolute Gasteiger partial charge is 0.255 e. The zero-order valence-electron chi connectivity index (χ0n) is 13.3. The summed E-state index contributed by atoms with van der Waals surface area (Å²) in [5, 5.41) is 3.40. The summed E-state index contributed by atoms with van der Waals surface area (Å²) in [6.45, 7) is 1.42. The predicted molar refractivity (Wildman–Crippen MR) is 95.1 cm³/mol. The highest BCUT2D eigenvalue weighted by molar-refractivity contribution is 6.30. The Labute approximate surface area is 146 Å². The molecule has 5 heteroatoms. The van der Waals surface area contributed by atoms with E-state index in [2.05, 4.69) is 5.32 Å². The van der Waals surface area contributed by atoms with Crippen LogP contribution in [-0.2, 0) is 11.3 Å². The van der Waals surface area contributed by atoms with Gasteiger partial charge in [0.15, 0.2) is 0 Å². The van der Waals surface area contributed by atoms with Crippen molar-refractivity contribution in [2.75, 3.05) is 11.9 Å². The number of carbonyl (C=O) groups excluding carboxylic acids is 2. The fourth-order valence-electron chi connectivity index (χ4n) is 2.78. The molecule has 1 saturated heterocycles. The van der Waals surface area contributed by atoms with Crippen LogP contribution in [0, 0.1) is 0 Å². The monoisotopic (exact) mass is 342 g/mol. The number of nitrogens with zero attached hydrogens (tertiary/aromatic N) is 1. The molecule has 2 amide bonds. The van der Waals surface area contributed by atoms with E-state index in [0.717, 1.165) is 24.9 Å². The van der Waals surface area contributed by atoms with E-state index in [1.54, 1.807) is 36.4 Å². The number of anilines is 1. The molecule has 0 saturated carbocycles. The topological polar surface area (TPSA) is 49.4 Å². The molecule has 0 unspecified atom stereocenters. The molecule has 1 N–H and O–H groups in total. The van der Waals surface area contributed by atoms with E-state index in [4.69, 9.17) is 11.6 Å². The first-order chi connectivity index (χ1) is 11.6. The van der Waals surface area contributed by atoms with Gasteiger partial charge < -0.3 is 10.2 Å². The largest absolute Gasteiger partial charge is 0.338 e. The first kappa shape index (κ1) is 16.5. The third-order valence-electron chi connectivity index (χ3n) is 4.09. The molecule has 1 fully saturated rings. The summed E-state index contributed by atoms with van der Waals surface area (Å²) in [7, 11) is 0. The number of nitrogens with one attached hydrogen (secondary N) is 1. The Bertz CT molecular complexity index is 743. The summed E-state index contributed by atoms with van der Waals surface area (Å²) in [5.41, 5.74) is 2.27. The fraction of sp³-hybridized carbons (Fsp3) is 0.263. The lowest BCUT2D eigenvalue weighted by Gasteiger charge is -2.26. The molecular formula is C19H19ClN2O2. The third-order valence-corrected chi connectivity index (χ3v) is 4.33. The van der Waals surface area contributed by atoms with E-state index >= 15 is 0 Å². The molecular weight excluding hydrogens is 324 g/mol. The fourth-order valence-corrected chi connectivity index (χ4v) is 2.97. The number of amides is 2. The maximum absolute atomic E-state index is 12.3. The quantitative estimate of drug-likeness (QED) is 0.909. The van der Waals surface area contributed by atoms with E-state index < -0.39 is 0 Å². The minimum Gasteiger partial charge on any atom is -0.338 e. The van der Waals surface area contributed by atoms with Crippen molar-refractivity contribution in [3.8, 4) is 0 Å². The first-order valence-electron chi connectivity index (χ1n) is 8.05. The maximum atomic E-state index is 12.3. The molecule has 0 spiro atoms. The highest BCUT2D eigenvalue weighted by Gasteiger charge is 2.18. The van der Waals surface area contributed by atoms with Crippen molar-refractivity contribution in [1.29, 1.82) is 0 Å². The SMILES string of the molecule is O=C(Nc1cccc(Cl)c1)c1ccc(CN2CCCCC2=O)cc1. The van der Waals surface area contributed by atoms with Gasteiger partial charge in [-0.05, 0) is 48.7 Å². The van der Waals surface area contributed by atoms with Crippen molar-refractivity contribution in [2.24, 2.45) is 0 Å². The number of hydrogen-bond acceptors (Lipinski definition) is 2. The molecule has 24 heavy (non-hydrogen) atoms. The van der Waals surface area contributed by atoms with E-state index in [1.807, 2.05) is 17.0 Å². The number of carbonyl (C=O) groups is 2. The van der Waals surface area contributed by atoms with Gasteiger partial charge in [0.25, 0.3) is 5.91 Å². The van der Waals surface area contributed by atoms with Crippen LogP contribution < -0.4 is 5.32 Å². The molecule has 2 aromatic carbocycles. The molecule has 1 aliphatic rings. The van der Waals surface area contributed by atoms with Crippen molar-refractivity contribution < 1.29 is 9.59 Å². The Morgan fingerprint density at radius 3 is 2.62 bits per heavy atom. The molecule has 0 radical (unpaired) electrons. The zero-order valence-corrected chi connectivity index (χ0v) is 14.1. The average Bonchev–Trinajstić information content (AvgIpc) is 2.57. The average molecular weight is 343 g/mol. The summed E-state index contributed by atoms with van der Waals surface area (Å²) in [5.74, 6) is 0.0295. The second-order valence-electron chi connectivity index (χ2n) is 5.93. The molecule has 0 aliphatic carbocycles. The highest BCUT2D eigenvalue weighted by atomic mass is 35.5. The van der Waals surface area contributed by atoms with Gasteiger partial charge in [0.1, 0.15) is 0 Å². The Morgan fingerprint density at radius 1 is 1.12 bits per heavy atom. The molecule has 1 heterocycles. The van der Waals surface area contributed by atoms with E-state index in [-0.39, 0.29) is 11.8 Å². The van der Waals surface area contributed by atoms with E-state index in [0.29, 0.717) is 29.2 Å². The van der Waals surface area contributed by atoms with Gasteiger partial charge in [0, 0.05) is 35.8 Å². The Kier molecular flexibility index (Phi) is 5.16. The molecule has 0 atom stereocenters. The number of likely N-dealkylation sites (tertiary alicyclic amines) is 1. The van der Waals surface area contributed by atoms with Crippen LogP contribution >= 0.6 is 11.6 Å². The van der Waals surface area contributed by atoms with Crippen LogP contribution in [0.2, 0.25) is 5.02 Å². The zero-order chi connectivity index (χ0) is 16.9. The van der Waals surface area contributed by atoms with Gasteiger partial charge in [-0.15, -0.1) is 0 Å². The number of hydrogen-bond donors (Lipinski definition) is 1. The van der Waals surface area contributed by atoms with Gasteiger partial charge >= 0.3 is 0 Å². The molecule has 4 nitrogen and oxygen atoms in total. The van der Waals surface area contributed by atoms with Crippen molar-refractivity contribution in [2.45, 2.75) is 25.8 Å².